The van der Waals surface area contributed by atoms with Gasteiger partial charge in [0.2, 0.25) is 10.0 Å². The molecule has 0 N–H and O–H groups in total. The largest absolute Gasteiger partial charge is 0.466 e. The SMILES string of the molecule is CCOC(=O)C1(Cc2ccccc2C)CCCN(S(=O)(=O)c2cccnc2)C1. The fraction of sp³-hybridized carbons (Fsp3) is 0.429. The molecule has 150 valence electrons. The standard InChI is InChI=1S/C21H26N2O4S/c1-3-27-20(24)21(14-18-9-5-4-8-17(18)2)11-7-13-23(16-21)28(25,26)19-10-6-12-22-15-19/h4-6,8-10,12,15H,3,7,11,13-14,16H2,1-2H3. The number of carbonyl (C=O) groups excluding carboxylic acids is 1. The molecule has 1 atom stereocenters. The number of aromatic nitrogens is 1. The van der Waals surface area contributed by atoms with Crippen LogP contribution >= 0.6 is 0 Å². The molecule has 0 spiro atoms. The summed E-state index contributed by atoms with van der Waals surface area (Å²) in [5, 5.41) is 0. The van der Waals surface area contributed by atoms with Crippen LogP contribution in [0.2, 0.25) is 0 Å². The lowest BCUT2D eigenvalue weighted by Gasteiger charge is -2.40. The van der Waals surface area contributed by atoms with Gasteiger partial charge in [-0.3, -0.25) is 9.78 Å². The summed E-state index contributed by atoms with van der Waals surface area (Å²) in [6, 6.07) is 11.0. The van der Waals surface area contributed by atoms with E-state index in [4.69, 9.17) is 4.74 Å². The summed E-state index contributed by atoms with van der Waals surface area (Å²) < 4.78 is 33.0. The number of rotatable bonds is 6. The highest BCUT2D eigenvalue weighted by atomic mass is 32.2. The van der Waals surface area contributed by atoms with Crippen LogP contribution in [0.15, 0.2) is 53.7 Å². The van der Waals surface area contributed by atoms with Gasteiger partial charge in [-0.1, -0.05) is 24.3 Å². The highest BCUT2D eigenvalue weighted by molar-refractivity contribution is 7.89. The topological polar surface area (TPSA) is 76.6 Å². The van der Waals surface area contributed by atoms with Crippen LogP contribution in [0.5, 0.6) is 0 Å². The molecule has 0 saturated carbocycles. The molecule has 2 aromatic rings. The second kappa shape index (κ2) is 8.41. The Labute approximate surface area is 166 Å². The van der Waals surface area contributed by atoms with Crippen LogP contribution in [0.4, 0.5) is 0 Å². The van der Waals surface area contributed by atoms with Crippen molar-refractivity contribution in [2.45, 2.75) is 38.0 Å². The van der Waals surface area contributed by atoms with Crippen molar-refractivity contribution in [1.82, 2.24) is 9.29 Å². The summed E-state index contributed by atoms with van der Waals surface area (Å²) in [6.07, 6.45) is 4.54. The Morgan fingerprint density at radius 2 is 2.04 bits per heavy atom. The maximum atomic E-state index is 13.1. The predicted molar refractivity (Wildman–Crippen MR) is 106 cm³/mol. The lowest BCUT2D eigenvalue weighted by atomic mass is 9.75. The number of hydrogen-bond acceptors (Lipinski definition) is 5. The van der Waals surface area contributed by atoms with E-state index in [9.17, 15) is 13.2 Å². The van der Waals surface area contributed by atoms with Crippen molar-refractivity contribution in [3.63, 3.8) is 0 Å². The minimum atomic E-state index is -3.72. The van der Waals surface area contributed by atoms with Gasteiger partial charge in [0.1, 0.15) is 4.90 Å². The number of aryl methyl sites for hydroxylation is 1. The van der Waals surface area contributed by atoms with Gasteiger partial charge in [-0.05, 0) is 56.4 Å². The molecule has 0 bridgehead atoms. The number of esters is 1. The molecule has 1 aliphatic heterocycles. The summed E-state index contributed by atoms with van der Waals surface area (Å²) in [7, 11) is -3.72. The Balaban J connectivity index is 1.96. The summed E-state index contributed by atoms with van der Waals surface area (Å²) in [6.45, 7) is 4.53. The van der Waals surface area contributed by atoms with E-state index >= 15 is 0 Å². The molecule has 3 rings (SSSR count). The van der Waals surface area contributed by atoms with E-state index in [2.05, 4.69) is 4.98 Å². The smallest absolute Gasteiger partial charge is 0.313 e. The Kier molecular flexibility index (Phi) is 6.15. The van der Waals surface area contributed by atoms with Gasteiger partial charge in [-0.15, -0.1) is 0 Å². The zero-order valence-corrected chi connectivity index (χ0v) is 17.1. The van der Waals surface area contributed by atoms with Crippen molar-refractivity contribution in [2.75, 3.05) is 19.7 Å². The number of carbonyl (C=O) groups is 1. The van der Waals surface area contributed by atoms with Gasteiger partial charge >= 0.3 is 5.97 Å². The van der Waals surface area contributed by atoms with Gasteiger partial charge in [0.25, 0.3) is 0 Å². The van der Waals surface area contributed by atoms with Crippen molar-refractivity contribution in [1.29, 1.82) is 0 Å². The van der Waals surface area contributed by atoms with Crippen LogP contribution in [0.25, 0.3) is 0 Å². The summed E-state index contributed by atoms with van der Waals surface area (Å²) >= 11 is 0. The lowest BCUT2D eigenvalue weighted by Crippen LogP contribution is -2.51. The minimum Gasteiger partial charge on any atom is -0.466 e. The number of nitrogens with zero attached hydrogens (tertiary/aromatic N) is 2. The molecule has 1 aromatic heterocycles. The number of ether oxygens (including phenoxy) is 1. The maximum absolute atomic E-state index is 13.1. The van der Waals surface area contributed by atoms with Crippen molar-refractivity contribution >= 4 is 16.0 Å². The van der Waals surface area contributed by atoms with E-state index in [1.54, 1.807) is 13.0 Å². The van der Waals surface area contributed by atoms with Gasteiger partial charge in [-0.2, -0.15) is 4.31 Å². The second-order valence-corrected chi connectivity index (χ2v) is 9.17. The van der Waals surface area contributed by atoms with Crippen molar-refractivity contribution in [2.24, 2.45) is 5.41 Å². The first-order chi connectivity index (χ1) is 13.4. The molecule has 7 heteroatoms. The predicted octanol–water partition coefficient (Wildman–Crippen LogP) is 2.97. The number of pyridine rings is 1. The lowest BCUT2D eigenvalue weighted by molar-refractivity contribution is -0.157. The Morgan fingerprint density at radius 1 is 1.25 bits per heavy atom. The molecule has 28 heavy (non-hydrogen) atoms. The molecule has 0 radical (unpaired) electrons. The third-order valence-electron chi connectivity index (χ3n) is 5.31. The average molecular weight is 403 g/mol. The highest BCUT2D eigenvalue weighted by Crippen LogP contribution is 2.38. The van der Waals surface area contributed by atoms with Gasteiger partial charge in [-0.25, -0.2) is 8.42 Å². The van der Waals surface area contributed by atoms with Gasteiger partial charge in [0.05, 0.1) is 12.0 Å². The van der Waals surface area contributed by atoms with E-state index in [1.165, 1.54) is 22.8 Å². The highest BCUT2D eigenvalue weighted by Gasteiger charge is 2.46. The quantitative estimate of drug-likeness (QED) is 0.695. The maximum Gasteiger partial charge on any atom is 0.313 e. The molecule has 1 unspecified atom stereocenters. The molecule has 1 saturated heterocycles. The first kappa shape index (κ1) is 20.5. The van der Waals surface area contributed by atoms with E-state index in [0.717, 1.165) is 11.1 Å². The van der Waals surface area contributed by atoms with E-state index in [1.807, 2.05) is 31.2 Å². The van der Waals surface area contributed by atoms with Crippen molar-refractivity contribution in [3.05, 3.63) is 59.9 Å². The van der Waals surface area contributed by atoms with Gasteiger partial charge in [0, 0.05) is 25.5 Å². The van der Waals surface area contributed by atoms with Crippen LogP contribution in [0.1, 0.15) is 30.9 Å². The summed E-state index contributed by atoms with van der Waals surface area (Å²) in [5.41, 5.74) is 1.23. The first-order valence-corrected chi connectivity index (χ1v) is 10.9. The third-order valence-corrected chi connectivity index (χ3v) is 7.14. The summed E-state index contributed by atoms with van der Waals surface area (Å²) in [5.74, 6) is -0.329. The van der Waals surface area contributed by atoms with Crippen molar-refractivity contribution in [3.8, 4) is 0 Å². The number of sulfonamides is 1. The fourth-order valence-electron chi connectivity index (χ4n) is 3.78. The first-order valence-electron chi connectivity index (χ1n) is 9.51. The molecular formula is C21H26N2O4S. The van der Waals surface area contributed by atoms with Gasteiger partial charge < -0.3 is 4.74 Å². The Bertz CT molecular complexity index is 930. The number of piperidine rings is 1. The average Bonchev–Trinajstić information content (AvgIpc) is 2.71. The van der Waals surface area contributed by atoms with Crippen LogP contribution in [-0.4, -0.2) is 43.4 Å². The Hall–Kier alpha value is -2.25. The van der Waals surface area contributed by atoms with Crippen LogP contribution in [-0.2, 0) is 26.0 Å². The normalized spacial score (nSPS) is 20.6. The molecule has 1 fully saturated rings. The zero-order valence-electron chi connectivity index (χ0n) is 16.3. The van der Waals surface area contributed by atoms with Gasteiger partial charge in [0.15, 0.2) is 0 Å². The second-order valence-electron chi connectivity index (χ2n) is 7.23. The van der Waals surface area contributed by atoms with E-state index in [-0.39, 0.29) is 24.0 Å². The molecule has 6 nitrogen and oxygen atoms in total. The molecule has 0 amide bonds. The molecule has 0 aliphatic carbocycles. The summed E-state index contributed by atoms with van der Waals surface area (Å²) in [4.78, 5) is 17.1. The molecular weight excluding hydrogens is 376 g/mol. The number of benzene rings is 1. The molecule has 2 heterocycles. The van der Waals surface area contributed by atoms with Crippen molar-refractivity contribution < 1.29 is 17.9 Å². The zero-order chi connectivity index (χ0) is 20.2. The third kappa shape index (κ3) is 4.10. The Morgan fingerprint density at radius 3 is 2.71 bits per heavy atom. The number of hydrogen-bond donors (Lipinski definition) is 0. The van der Waals surface area contributed by atoms with Crippen LogP contribution in [0.3, 0.4) is 0 Å². The van der Waals surface area contributed by atoms with Crippen LogP contribution < -0.4 is 0 Å². The molecule has 1 aliphatic rings. The minimum absolute atomic E-state index is 0.109. The van der Waals surface area contributed by atoms with E-state index < -0.39 is 15.4 Å². The fourth-order valence-corrected chi connectivity index (χ4v) is 5.31. The monoisotopic (exact) mass is 402 g/mol. The molecule has 1 aromatic carbocycles. The van der Waals surface area contributed by atoms with Crippen LogP contribution in [0, 0.1) is 12.3 Å². The van der Waals surface area contributed by atoms with E-state index in [0.29, 0.717) is 25.8 Å².